The third-order valence-electron chi connectivity index (χ3n) is 3.65. The maximum atomic E-state index is 12.3. The van der Waals surface area contributed by atoms with Gasteiger partial charge in [-0.05, 0) is 50.2 Å². The van der Waals surface area contributed by atoms with Gasteiger partial charge in [-0.25, -0.2) is 0 Å². The molecule has 2 aromatic carbocycles. The molecule has 0 bridgehead atoms. The summed E-state index contributed by atoms with van der Waals surface area (Å²) in [7, 11) is 1.55. The summed E-state index contributed by atoms with van der Waals surface area (Å²) < 4.78 is 10.6. The van der Waals surface area contributed by atoms with Gasteiger partial charge in [0.25, 0.3) is 0 Å². The first-order valence-electron chi connectivity index (χ1n) is 8.61. The van der Waals surface area contributed by atoms with Crippen LogP contribution in [0.25, 0.3) is 0 Å². The average Bonchev–Trinajstić information content (AvgIpc) is 2.68. The molecule has 144 valence electrons. The number of benzene rings is 2. The van der Waals surface area contributed by atoms with Crippen molar-refractivity contribution in [3.05, 3.63) is 48.5 Å². The van der Waals surface area contributed by atoms with Gasteiger partial charge >= 0.3 is 0 Å². The molecule has 0 aromatic heterocycles. The summed E-state index contributed by atoms with van der Waals surface area (Å²) in [5.41, 5.74) is 1.30. The standard InChI is InChI=1S/C20H24N2O4S/c1-4-26-16-11-9-15(10-12-16)21-20(24)14(2)27-13-19(23)22-17-7-5-6-8-18(17)25-3/h5-12,14H,4,13H2,1-3H3,(H,21,24)(H,22,23)/t14-/m0/s1. The van der Waals surface area contributed by atoms with E-state index < -0.39 is 0 Å². The van der Waals surface area contributed by atoms with Crippen molar-refractivity contribution in [2.24, 2.45) is 0 Å². The van der Waals surface area contributed by atoms with Gasteiger partial charge in [0.2, 0.25) is 11.8 Å². The zero-order chi connectivity index (χ0) is 19.6. The Kier molecular flexibility index (Phi) is 8.00. The molecule has 0 radical (unpaired) electrons. The zero-order valence-electron chi connectivity index (χ0n) is 15.7. The van der Waals surface area contributed by atoms with Gasteiger partial charge in [-0.3, -0.25) is 9.59 Å². The van der Waals surface area contributed by atoms with Crippen LogP contribution >= 0.6 is 11.8 Å². The Labute approximate surface area is 163 Å². The molecule has 2 rings (SSSR count). The molecule has 2 aromatic rings. The minimum absolute atomic E-state index is 0.158. The van der Waals surface area contributed by atoms with Gasteiger partial charge in [-0.2, -0.15) is 0 Å². The monoisotopic (exact) mass is 388 g/mol. The molecule has 0 aliphatic rings. The molecule has 0 unspecified atom stereocenters. The van der Waals surface area contributed by atoms with Crippen LogP contribution < -0.4 is 20.1 Å². The van der Waals surface area contributed by atoms with Crippen LogP contribution in [0.4, 0.5) is 11.4 Å². The van der Waals surface area contributed by atoms with Crippen LogP contribution in [0.5, 0.6) is 11.5 Å². The fraction of sp³-hybridized carbons (Fsp3) is 0.300. The predicted molar refractivity (Wildman–Crippen MR) is 110 cm³/mol. The second kappa shape index (κ2) is 10.5. The summed E-state index contributed by atoms with van der Waals surface area (Å²) in [6, 6.07) is 14.4. The van der Waals surface area contributed by atoms with E-state index in [1.807, 2.05) is 19.1 Å². The Hall–Kier alpha value is -2.67. The first-order chi connectivity index (χ1) is 13.0. The number of nitrogens with one attached hydrogen (secondary N) is 2. The zero-order valence-corrected chi connectivity index (χ0v) is 16.5. The van der Waals surface area contributed by atoms with Crippen LogP contribution in [0.1, 0.15) is 13.8 Å². The summed E-state index contributed by atoms with van der Waals surface area (Å²) in [4.78, 5) is 24.4. The summed E-state index contributed by atoms with van der Waals surface area (Å²) in [6.07, 6.45) is 0. The molecule has 7 heteroatoms. The Bertz CT molecular complexity index is 765. The lowest BCUT2D eigenvalue weighted by atomic mass is 10.3. The molecule has 0 saturated heterocycles. The van der Waals surface area contributed by atoms with Gasteiger partial charge in [-0.15, -0.1) is 11.8 Å². The highest BCUT2D eigenvalue weighted by molar-refractivity contribution is 8.01. The first-order valence-corrected chi connectivity index (χ1v) is 9.66. The number of para-hydroxylation sites is 2. The van der Waals surface area contributed by atoms with E-state index in [1.165, 1.54) is 11.8 Å². The van der Waals surface area contributed by atoms with Crippen molar-refractivity contribution in [2.45, 2.75) is 19.1 Å². The van der Waals surface area contributed by atoms with Gasteiger partial charge < -0.3 is 20.1 Å². The fourth-order valence-corrected chi connectivity index (χ4v) is 2.94. The van der Waals surface area contributed by atoms with Crippen molar-refractivity contribution in [2.75, 3.05) is 30.1 Å². The molecule has 6 nitrogen and oxygen atoms in total. The highest BCUT2D eigenvalue weighted by Crippen LogP contribution is 2.23. The minimum Gasteiger partial charge on any atom is -0.495 e. The minimum atomic E-state index is -0.375. The number of amides is 2. The SMILES string of the molecule is CCOc1ccc(NC(=O)[C@H](C)SCC(=O)Nc2ccccc2OC)cc1. The molecule has 0 fully saturated rings. The van der Waals surface area contributed by atoms with Crippen molar-refractivity contribution in [3.63, 3.8) is 0 Å². The number of methoxy groups -OCH3 is 1. The van der Waals surface area contributed by atoms with Gasteiger partial charge in [0.15, 0.2) is 0 Å². The number of hydrogen-bond donors (Lipinski definition) is 2. The highest BCUT2D eigenvalue weighted by atomic mass is 32.2. The lowest BCUT2D eigenvalue weighted by molar-refractivity contribution is -0.115. The molecular weight excluding hydrogens is 364 g/mol. The normalized spacial score (nSPS) is 11.4. The third kappa shape index (κ3) is 6.53. The second-order valence-electron chi connectivity index (χ2n) is 5.65. The summed E-state index contributed by atoms with van der Waals surface area (Å²) >= 11 is 1.27. The van der Waals surface area contributed by atoms with E-state index in [9.17, 15) is 9.59 Å². The predicted octanol–water partition coefficient (Wildman–Crippen LogP) is 3.79. The van der Waals surface area contributed by atoms with E-state index in [4.69, 9.17) is 9.47 Å². The Morgan fingerprint density at radius 2 is 1.78 bits per heavy atom. The fourth-order valence-electron chi connectivity index (χ4n) is 2.26. The van der Waals surface area contributed by atoms with E-state index in [2.05, 4.69) is 10.6 Å². The third-order valence-corrected chi connectivity index (χ3v) is 4.79. The molecule has 0 aliphatic carbocycles. The lowest BCUT2D eigenvalue weighted by Gasteiger charge is -2.13. The molecule has 2 N–H and O–H groups in total. The smallest absolute Gasteiger partial charge is 0.237 e. The molecule has 2 amide bonds. The number of ether oxygens (including phenoxy) is 2. The second-order valence-corrected chi connectivity index (χ2v) is 6.98. The Morgan fingerprint density at radius 3 is 2.44 bits per heavy atom. The number of thioether (sulfide) groups is 1. The van der Waals surface area contributed by atoms with Crippen molar-refractivity contribution >= 4 is 35.0 Å². The first kappa shape index (κ1) is 20.6. The van der Waals surface area contributed by atoms with Crippen LogP contribution in [-0.4, -0.2) is 36.5 Å². The van der Waals surface area contributed by atoms with Crippen LogP contribution in [0.2, 0.25) is 0 Å². The van der Waals surface area contributed by atoms with Gasteiger partial charge in [0.05, 0.1) is 30.4 Å². The van der Waals surface area contributed by atoms with Crippen LogP contribution in [-0.2, 0) is 9.59 Å². The van der Waals surface area contributed by atoms with E-state index in [1.54, 1.807) is 50.4 Å². The maximum Gasteiger partial charge on any atom is 0.237 e. The quantitative estimate of drug-likeness (QED) is 0.683. The van der Waals surface area contributed by atoms with Crippen LogP contribution in [0.15, 0.2) is 48.5 Å². The molecule has 0 heterocycles. The largest absolute Gasteiger partial charge is 0.495 e. The molecule has 0 spiro atoms. The van der Waals surface area contributed by atoms with E-state index in [-0.39, 0.29) is 22.8 Å². The van der Waals surface area contributed by atoms with Crippen molar-refractivity contribution in [1.82, 2.24) is 0 Å². The summed E-state index contributed by atoms with van der Waals surface area (Å²) in [5.74, 6) is 1.16. The van der Waals surface area contributed by atoms with Crippen molar-refractivity contribution < 1.29 is 19.1 Å². The van der Waals surface area contributed by atoms with Gasteiger partial charge in [-0.1, -0.05) is 12.1 Å². The van der Waals surface area contributed by atoms with Crippen molar-refractivity contribution in [3.8, 4) is 11.5 Å². The van der Waals surface area contributed by atoms with Crippen LogP contribution in [0.3, 0.4) is 0 Å². The molecule has 0 saturated carbocycles. The highest BCUT2D eigenvalue weighted by Gasteiger charge is 2.16. The lowest BCUT2D eigenvalue weighted by Crippen LogP contribution is -2.25. The topological polar surface area (TPSA) is 76.7 Å². The van der Waals surface area contributed by atoms with Gasteiger partial charge in [0, 0.05) is 5.69 Å². The summed E-state index contributed by atoms with van der Waals surface area (Å²) in [5, 5.41) is 5.25. The number of anilines is 2. The molecule has 27 heavy (non-hydrogen) atoms. The van der Waals surface area contributed by atoms with E-state index in [0.29, 0.717) is 23.7 Å². The molecular formula is C20H24N2O4S. The number of carbonyl (C=O) groups excluding carboxylic acids is 2. The van der Waals surface area contributed by atoms with Gasteiger partial charge in [0.1, 0.15) is 11.5 Å². The number of hydrogen-bond acceptors (Lipinski definition) is 5. The average molecular weight is 388 g/mol. The molecule has 1 atom stereocenters. The maximum absolute atomic E-state index is 12.3. The molecule has 0 aliphatic heterocycles. The Balaban J connectivity index is 1.81. The summed E-state index contributed by atoms with van der Waals surface area (Å²) in [6.45, 7) is 4.28. The van der Waals surface area contributed by atoms with Crippen molar-refractivity contribution in [1.29, 1.82) is 0 Å². The van der Waals surface area contributed by atoms with E-state index in [0.717, 1.165) is 5.75 Å². The van der Waals surface area contributed by atoms with Crippen LogP contribution in [0, 0.1) is 0 Å². The Morgan fingerprint density at radius 1 is 1.07 bits per heavy atom. The number of carbonyl (C=O) groups is 2. The number of rotatable bonds is 9. The van der Waals surface area contributed by atoms with E-state index >= 15 is 0 Å².